The quantitative estimate of drug-likeness (QED) is 0.574. The number of carbonyl (C=O) groups excluding carboxylic acids is 1. The lowest BCUT2D eigenvalue weighted by molar-refractivity contribution is 0.103. The van der Waals surface area contributed by atoms with Gasteiger partial charge in [-0.05, 0) is 37.3 Å². The van der Waals surface area contributed by atoms with Crippen LogP contribution in [0.25, 0.3) is 17.1 Å². The largest absolute Gasteiger partial charge is 0.493 e. The normalized spacial score (nSPS) is 11.1. The first-order valence-corrected chi connectivity index (χ1v) is 7.17. The summed E-state index contributed by atoms with van der Waals surface area (Å²) in [6, 6.07) is 15.2. The number of nitrogens with zero attached hydrogens (tertiary/aromatic N) is 1. The van der Waals surface area contributed by atoms with Crippen LogP contribution in [0.3, 0.4) is 0 Å². The van der Waals surface area contributed by atoms with Crippen LogP contribution in [0.4, 0.5) is 0 Å². The molecule has 0 fully saturated rings. The first kappa shape index (κ1) is 14.1. The maximum absolute atomic E-state index is 12.2. The minimum atomic E-state index is -0.164. The molecule has 0 saturated heterocycles. The van der Waals surface area contributed by atoms with E-state index < -0.39 is 0 Å². The molecule has 0 spiro atoms. The Morgan fingerprint density at radius 1 is 1.18 bits per heavy atom. The minimum Gasteiger partial charge on any atom is -0.493 e. The number of H-pyrrole nitrogens is 1. The van der Waals surface area contributed by atoms with Gasteiger partial charge in [0.1, 0.15) is 5.75 Å². The number of fused-ring (bicyclic) bond motifs is 1. The van der Waals surface area contributed by atoms with Crippen LogP contribution in [0.5, 0.6) is 5.75 Å². The topological polar surface area (TPSA) is 55.0 Å². The molecule has 1 heterocycles. The SMILES string of the molecule is CCOc1ccccc1/C=C/C(=O)c1nc2ccccc2[nH]1. The van der Waals surface area contributed by atoms with Gasteiger partial charge < -0.3 is 9.72 Å². The number of nitrogens with one attached hydrogen (secondary N) is 1. The van der Waals surface area contributed by atoms with Crippen LogP contribution < -0.4 is 4.74 Å². The molecular formula is C18H16N2O2. The van der Waals surface area contributed by atoms with E-state index in [0.717, 1.165) is 22.3 Å². The summed E-state index contributed by atoms with van der Waals surface area (Å²) in [7, 11) is 0. The van der Waals surface area contributed by atoms with Crippen LogP contribution in [-0.4, -0.2) is 22.4 Å². The Morgan fingerprint density at radius 2 is 1.95 bits per heavy atom. The van der Waals surface area contributed by atoms with E-state index in [9.17, 15) is 4.79 Å². The first-order chi connectivity index (χ1) is 10.8. The van der Waals surface area contributed by atoms with Crippen molar-refractivity contribution in [3.8, 4) is 5.75 Å². The third-order valence-electron chi connectivity index (χ3n) is 3.26. The summed E-state index contributed by atoms with van der Waals surface area (Å²) in [5, 5.41) is 0. The lowest BCUT2D eigenvalue weighted by Crippen LogP contribution is -1.97. The molecule has 0 unspecified atom stereocenters. The Hall–Kier alpha value is -2.88. The van der Waals surface area contributed by atoms with E-state index in [1.807, 2.05) is 55.5 Å². The number of aromatic nitrogens is 2. The van der Waals surface area contributed by atoms with E-state index in [-0.39, 0.29) is 5.78 Å². The molecule has 1 aromatic heterocycles. The van der Waals surface area contributed by atoms with E-state index in [1.54, 1.807) is 6.08 Å². The lowest BCUT2D eigenvalue weighted by atomic mass is 10.1. The lowest BCUT2D eigenvalue weighted by Gasteiger charge is -2.05. The summed E-state index contributed by atoms with van der Waals surface area (Å²) < 4.78 is 5.54. The van der Waals surface area contributed by atoms with Crippen molar-refractivity contribution >= 4 is 22.9 Å². The van der Waals surface area contributed by atoms with Gasteiger partial charge in [-0.15, -0.1) is 0 Å². The predicted molar refractivity (Wildman–Crippen MR) is 87.1 cm³/mol. The van der Waals surface area contributed by atoms with Gasteiger partial charge in [0.2, 0.25) is 5.78 Å². The number of ether oxygens (including phenoxy) is 1. The van der Waals surface area contributed by atoms with Gasteiger partial charge in [-0.25, -0.2) is 4.98 Å². The molecule has 110 valence electrons. The van der Waals surface area contributed by atoms with Crippen LogP contribution in [0, 0.1) is 0 Å². The summed E-state index contributed by atoms with van der Waals surface area (Å²) in [6.07, 6.45) is 3.26. The van der Waals surface area contributed by atoms with Crippen molar-refractivity contribution in [2.45, 2.75) is 6.92 Å². The van der Waals surface area contributed by atoms with Crippen LogP contribution >= 0.6 is 0 Å². The number of ketones is 1. The molecule has 0 bridgehead atoms. The fraction of sp³-hybridized carbons (Fsp3) is 0.111. The summed E-state index contributed by atoms with van der Waals surface area (Å²) >= 11 is 0. The van der Waals surface area contributed by atoms with Crippen LogP contribution in [0.15, 0.2) is 54.6 Å². The maximum atomic E-state index is 12.2. The molecular weight excluding hydrogens is 276 g/mol. The standard InChI is InChI=1S/C18H16N2O2/c1-2-22-17-10-6-3-7-13(17)11-12-16(21)18-19-14-8-4-5-9-15(14)20-18/h3-12H,2H2,1H3,(H,19,20)/b12-11+. The highest BCUT2D eigenvalue weighted by atomic mass is 16.5. The third kappa shape index (κ3) is 2.91. The third-order valence-corrected chi connectivity index (χ3v) is 3.26. The molecule has 0 amide bonds. The maximum Gasteiger partial charge on any atom is 0.221 e. The Bertz CT molecular complexity index is 801. The molecule has 0 aliphatic heterocycles. The molecule has 22 heavy (non-hydrogen) atoms. The smallest absolute Gasteiger partial charge is 0.221 e. The first-order valence-electron chi connectivity index (χ1n) is 7.17. The molecule has 0 atom stereocenters. The monoisotopic (exact) mass is 292 g/mol. The van der Waals surface area contributed by atoms with E-state index in [1.165, 1.54) is 6.08 Å². The van der Waals surface area contributed by atoms with Crippen molar-refractivity contribution in [3.63, 3.8) is 0 Å². The van der Waals surface area contributed by atoms with Gasteiger partial charge >= 0.3 is 0 Å². The number of carbonyl (C=O) groups is 1. The number of para-hydroxylation sites is 3. The highest BCUT2D eigenvalue weighted by Gasteiger charge is 2.08. The Labute approximate surface area is 128 Å². The van der Waals surface area contributed by atoms with Gasteiger partial charge in [0.05, 0.1) is 17.6 Å². The number of rotatable bonds is 5. The Kier molecular flexibility index (Phi) is 4.01. The number of benzene rings is 2. The van der Waals surface area contributed by atoms with Gasteiger partial charge in [0.25, 0.3) is 0 Å². The Balaban J connectivity index is 1.84. The average Bonchev–Trinajstić information content (AvgIpc) is 2.98. The van der Waals surface area contributed by atoms with Crippen molar-refractivity contribution in [1.29, 1.82) is 0 Å². The molecule has 4 heteroatoms. The van der Waals surface area contributed by atoms with Crippen molar-refractivity contribution in [3.05, 3.63) is 66.0 Å². The molecule has 2 aromatic carbocycles. The van der Waals surface area contributed by atoms with Gasteiger partial charge in [0.15, 0.2) is 5.82 Å². The fourth-order valence-electron chi connectivity index (χ4n) is 2.22. The zero-order valence-electron chi connectivity index (χ0n) is 12.2. The molecule has 3 rings (SSSR count). The van der Waals surface area contributed by atoms with E-state index in [2.05, 4.69) is 9.97 Å². The number of aromatic amines is 1. The number of hydrogen-bond acceptors (Lipinski definition) is 3. The van der Waals surface area contributed by atoms with Crippen LogP contribution in [0.1, 0.15) is 23.1 Å². The molecule has 1 N–H and O–H groups in total. The molecule has 3 aromatic rings. The zero-order chi connectivity index (χ0) is 15.4. The number of allylic oxidation sites excluding steroid dienone is 1. The summed E-state index contributed by atoms with van der Waals surface area (Å²) in [6.45, 7) is 2.52. The predicted octanol–water partition coefficient (Wildman–Crippen LogP) is 3.86. The van der Waals surface area contributed by atoms with E-state index >= 15 is 0 Å². The van der Waals surface area contributed by atoms with Gasteiger partial charge in [-0.2, -0.15) is 0 Å². The second-order valence-electron chi connectivity index (χ2n) is 4.77. The number of hydrogen-bond donors (Lipinski definition) is 1. The molecule has 0 radical (unpaired) electrons. The second-order valence-corrected chi connectivity index (χ2v) is 4.77. The van der Waals surface area contributed by atoms with Gasteiger partial charge in [-0.1, -0.05) is 30.3 Å². The van der Waals surface area contributed by atoms with Crippen molar-refractivity contribution in [2.24, 2.45) is 0 Å². The van der Waals surface area contributed by atoms with Crippen molar-refractivity contribution in [1.82, 2.24) is 9.97 Å². The molecule has 0 aliphatic carbocycles. The van der Waals surface area contributed by atoms with Gasteiger partial charge in [-0.3, -0.25) is 4.79 Å². The van der Waals surface area contributed by atoms with E-state index in [0.29, 0.717) is 12.4 Å². The fourth-order valence-corrected chi connectivity index (χ4v) is 2.22. The van der Waals surface area contributed by atoms with Crippen LogP contribution in [-0.2, 0) is 0 Å². The Morgan fingerprint density at radius 3 is 2.77 bits per heavy atom. The minimum absolute atomic E-state index is 0.164. The molecule has 0 aliphatic rings. The molecule has 4 nitrogen and oxygen atoms in total. The van der Waals surface area contributed by atoms with E-state index in [4.69, 9.17) is 4.74 Å². The number of imidazole rings is 1. The van der Waals surface area contributed by atoms with Crippen molar-refractivity contribution in [2.75, 3.05) is 6.61 Å². The van der Waals surface area contributed by atoms with Crippen LogP contribution in [0.2, 0.25) is 0 Å². The highest BCUT2D eigenvalue weighted by Crippen LogP contribution is 2.19. The summed E-state index contributed by atoms with van der Waals surface area (Å²) in [5.41, 5.74) is 2.51. The molecule has 0 saturated carbocycles. The average molecular weight is 292 g/mol. The second kappa shape index (κ2) is 6.26. The summed E-state index contributed by atoms with van der Waals surface area (Å²) in [4.78, 5) is 19.6. The summed E-state index contributed by atoms with van der Waals surface area (Å²) in [5.74, 6) is 0.937. The highest BCUT2D eigenvalue weighted by molar-refractivity contribution is 6.06. The zero-order valence-corrected chi connectivity index (χ0v) is 12.2. The van der Waals surface area contributed by atoms with Gasteiger partial charge in [0, 0.05) is 5.56 Å². The van der Waals surface area contributed by atoms with Crippen molar-refractivity contribution < 1.29 is 9.53 Å².